The van der Waals surface area contributed by atoms with Crippen molar-refractivity contribution in [3.63, 3.8) is 0 Å². The molecule has 0 fully saturated rings. The van der Waals surface area contributed by atoms with Crippen LogP contribution in [0.3, 0.4) is 0 Å². The zero-order valence-electron chi connectivity index (χ0n) is 24.0. The van der Waals surface area contributed by atoms with E-state index in [0.717, 1.165) is 61.4 Å². The van der Waals surface area contributed by atoms with Gasteiger partial charge in [-0.2, -0.15) is 0 Å². The predicted molar refractivity (Wildman–Crippen MR) is 183 cm³/mol. The van der Waals surface area contributed by atoms with E-state index in [0.29, 0.717) is 0 Å². The fourth-order valence-corrected chi connectivity index (χ4v) is 5.92. The van der Waals surface area contributed by atoms with E-state index < -0.39 is 0 Å². The van der Waals surface area contributed by atoms with Crippen LogP contribution in [0.4, 0.5) is 17.1 Å². The highest BCUT2D eigenvalue weighted by atomic mass is 16.3. The van der Waals surface area contributed by atoms with Gasteiger partial charge >= 0.3 is 0 Å². The number of benzene rings is 6. The van der Waals surface area contributed by atoms with Gasteiger partial charge in [0, 0.05) is 22.8 Å². The Balaban J connectivity index is 1.34. The van der Waals surface area contributed by atoms with Gasteiger partial charge < -0.3 is 9.32 Å². The Morgan fingerprint density at radius 2 is 0.909 bits per heavy atom. The molecule has 0 unspecified atom stereocenters. The molecule has 44 heavy (non-hydrogen) atoms. The Morgan fingerprint density at radius 3 is 1.52 bits per heavy atom. The number of nitrogens with zero attached hydrogens (tertiary/aromatic N) is 2. The Morgan fingerprint density at radius 1 is 0.386 bits per heavy atom. The van der Waals surface area contributed by atoms with Crippen molar-refractivity contribution in [2.24, 2.45) is 0 Å². The average molecular weight is 565 g/mol. The maximum absolute atomic E-state index is 6.29. The lowest BCUT2D eigenvalue weighted by Crippen LogP contribution is -2.10. The summed E-state index contributed by atoms with van der Waals surface area (Å²) in [5.74, 6) is 0. The van der Waals surface area contributed by atoms with E-state index >= 15 is 0 Å². The van der Waals surface area contributed by atoms with Crippen molar-refractivity contribution in [1.29, 1.82) is 0 Å². The summed E-state index contributed by atoms with van der Waals surface area (Å²) < 4.78 is 6.29. The third kappa shape index (κ3) is 4.81. The molecule has 8 aromatic rings. The lowest BCUT2D eigenvalue weighted by atomic mass is 9.97. The summed E-state index contributed by atoms with van der Waals surface area (Å²) in [6.45, 7) is 0. The van der Waals surface area contributed by atoms with Gasteiger partial charge in [0.05, 0.1) is 11.9 Å². The Labute approximate surface area is 256 Å². The summed E-state index contributed by atoms with van der Waals surface area (Å²) >= 11 is 0. The van der Waals surface area contributed by atoms with Crippen molar-refractivity contribution in [1.82, 2.24) is 4.98 Å². The van der Waals surface area contributed by atoms with E-state index in [1.165, 1.54) is 11.1 Å². The molecular weight excluding hydrogens is 536 g/mol. The van der Waals surface area contributed by atoms with Gasteiger partial charge in [-0.15, -0.1) is 0 Å². The van der Waals surface area contributed by atoms with Crippen LogP contribution >= 0.6 is 0 Å². The Bertz CT molecular complexity index is 2150. The van der Waals surface area contributed by atoms with Gasteiger partial charge in [0.1, 0.15) is 11.1 Å². The minimum atomic E-state index is 0.761. The molecule has 3 nitrogen and oxygen atoms in total. The van der Waals surface area contributed by atoms with Crippen LogP contribution in [-0.4, -0.2) is 4.98 Å². The summed E-state index contributed by atoms with van der Waals surface area (Å²) in [5, 5.41) is 1.02. The van der Waals surface area contributed by atoms with Gasteiger partial charge in [-0.3, -0.25) is 0 Å². The molecule has 0 aliphatic rings. The van der Waals surface area contributed by atoms with E-state index in [4.69, 9.17) is 9.40 Å². The van der Waals surface area contributed by atoms with Gasteiger partial charge in [-0.1, -0.05) is 115 Å². The van der Waals surface area contributed by atoms with E-state index in [-0.39, 0.29) is 0 Å². The minimum absolute atomic E-state index is 0.761. The first-order valence-corrected chi connectivity index (χ1v) is 14.8. The molecule has 0 amide bonds. The minimum Gasteiger partial charge on any atom is -0.454 e. The fraction of sp³-hybridized carbons (Fsp3) is 0. The number of hydrogen-bond donors (Lipinski definition) is 0. The molecule has 0 atom stereocenters. The maximum Gasteiger partial charge on any atom is 0.155 e. The van der Waals surface area contributed by atoms with Crippen LogP contribution in [0.15, 0.2) is 174 Å². The number of aromatic nitrogens is 1. The molecule has 0 radical (unpaired) electrons. The molecule has 6 aromatic carbocycles. The molecule has 0 saturated heterocycles. The third-order valence-electron chi connectivity index (χ3n) is 8.08. The summed E-state index contributed by atoms with van der Waals surface area (Å²) in [6, 6.07) is 57.3. The van der Waals surface area contributed by atoms with Gasteiger partial charge in [0.2, 0.25) is 0 Å². The van der Waals surface area contributed by atoms with E-state index in [1.807, 2.05) is 30.5 Å². The number of anilines is 3. The third-order valence-corrected chi connectivity index (χ3v) is 8.08. The highest BCUT2D eigenvalue weighted by Gasteiger charge is 2.18. The normalized spacial score (nSPS) is 11.2. The van der Waals surface area contributed by atoms with Crippen molar-refractivity contribution in [2.45, 2.75) is 0 Å². The summed E-state index contributed by atoms with van der Waals surface area (Å²) in [5.41, 5.74) is 12.4. The molecule has 2 heterocycles. The summed E-state index contributed by atoms with van der Waals surface area (Å²) in [4.78, 5) is 7.20. The van der Waals surface area contributed by atoms with Gasteiger partial charge in [-0.05, 0) is 75.8 Å². The molecule has 8 rings (SSSR count). The van der Waals surface area contributed by atoms with Crippen molar-refractivity contribution in [2.75, 3.05) is 4.90 Å². The first-order valence-electron chi connectivity index (χ1n) is 14.8. The molecule has 0 N–H and O–H groups in total. The van der Waals surface area contributed by atoms with E-state index in [9.17, 15) is 0 Å². The van der Waals surface area contributed by atoms with Crippen molar-refractivity contribution < 1.29 is 4.42 Å². The van der Waals surface area contributed by atoms with E-state index in [2.05, 4.69) is 144 Å². The van der Waals surface area contributed by atoms with Crippen LogP contribution in [0.25, 0.3) is 55.4 Å². The van der Waals surface area contributed by atoms with Crippen LogP contribution in [0, 0.1) is 0 Å². The molecule has 0 bridgehead atoms. The maximum atomic E-state index is 6.29. The molecule has 0 aliphatic heterocycles. The number of pyridine rings is 1. The Hall–Kier alpha value is -5.93. The number of rotatable bonds is 6. The fourth-order valence-electron chi connectivity index (χ4n) is 5.92. The summed E-state index contributed by atoms with van der Waals surface area (Å²) in [6.07, 6.45) is 1.95. The second-order valence-electron chi connectivity index (χ2n) is 10.9. The average Bonchev–Trinajstić information content (AvgIpc) is 3.48. The molecule has 0 saturated carbocycles. The van der Waals surface area contributed by atoms with Crippen molar-refractivity contribution >= 4 is 39.1 Å². The topological polar surface area (TPSA) is 29.3 Å². The first kappa shape index (κ1) is 25.8. The van der Waals surface area contributed by atoms with E-state index in [1.54, 1.807) is 0 Å². The lowest BCUT2D eigenvalue weighted by Gasteiger charge is -2.26. The van der Waals surface area contributed by atoms with Gasteiger partial charge in [0.25, 0.3) is 0 Å². The highest BCUT2D eigenvalue weighted by molar-refractivity contribution is 6.03. The van der Waals surface area contributed by atoms with Crippen LogP contribution in [0.5, 0.6) is 0 Å². The van der Waals surface area contributed by atoms with Gasteiger partial charge in [0.15, 0.2) is 5.58 Å². The SMILES string of the molecule is c1ccc(-c2ccc(N(c3cc(-c4ccccc4)cc(-c4ccccc4)c3)c3cnc4c(c3)oc3ccccc34)cc2)cc1. The zero-order valence-corrected chi connectivity index (χ0v) is 24.0. The van der Waals surface area contributed by atoms with Crippen LogP contribution in [0.2, 0.25) is 0 Å². The standard InChI is InChI=1S/C41H28N2O/c1-4-12-29(13-5-1)32-20-22-35(23-21-32)43(37-27-40-41(42-28-37)38-18-10-11-19-39(38)44-40)36-25-33(30-14-6-2-7-15-30)24-34(26-36)31-16-8-3-9-17-31/h1-28H. The molecule has 208 valence electrons. The molecular formula is C41H28N2O. The van der Waals surface area contributed by atoms with Crippen LogP contribution in [0.1, 0.15) is 0 Å². The number of para-hydroxylation sites is 1. The summed E-state index contributed by atoms with van der Waals surface area (Å²) in [7, 11) is 0. The number of hydrogen-bond acceptors (Lipinski definition) is 3. The van der Waals surface area contributed by atoms with Crippen LogP contribution < -0.4 is 4.90 Å². The molecule has 3 heteroatoms. The number of fused-ring (bicyclic) bond motifs is 3. The molecule has 0 aliphatic carbocycles. The first-order chi connectivity index (χ1) is 21.8. The van der Waals surface area contributed by atoms with Crippen LogP contribution in [-0.2, 0) is 0 Å². The largest absolute Gasteiger partial charge is 0.454 e. The molecule has 0 spiro atoms. The lowest BCUT2D eigenvalue weighted by molar-refractivity contribution is 0.668. The smallest absolute Gasteiger partial charge is 0.155 e. The molecule has 2 aromatic heterocycles. The second-order valence-corrected chi connectivity index (χ2v) is 10.9. The predicted octanol–water partition coefficient (Wildman–Crippen LogP) is 11.5. The second kappa shape index (κ2) is 11.0. The zero-order chi connectivity index (χ0) is 29.3. The van der Waals surface area contributed by atoms with Crippen molar-refractivity contribution in [3.05, 3.63) is 170 Å². The van der Waals surface area contributed by atoms with Crippen molar-refractivity contribution in [3.8, 4) is 33.4 Å². The monoisotopic (exact) mass is 564 g/mol. The Kier molecular flexibility index (Phi) is 6.47. The van der Waals surface area contributed by atoms with Gasteiger partial charge in [-0.25, -0.2) is 4.98 Å². The quantitative estimate of drug-likeness (QED) is 0.201. The number of furan rings is 1. The highest BCUT2D eigenvalue weighted by Crippen LogP contribution is 2.41.